The van der Waals surface area contributed by atoms with Crippen LogP contribution < -0.4 is 5.32 Å². The van der Waals surface area contributed by atoms with Gasteiger partial charge < -0.3 is 19.9 Å². The van der Waals surface area contributed by atoms with Gasteiger partial charge in [-0.15, -0.1) is 0 Å². The second-order valence-corrected chi connectivity index (χ2v) is 6.22. The van der Waals surface area contributed by atoms with Crippen LogP contribution >= 0.6 is 0 Å². The predicted molar refractivity (Wildman–Crippen MR) is 84.5 cm³/mol. The fraction of sp³-hybridized carbons (Fsp3) is 0.938. The van der Waals surface area contributed by atoms with Crippen molar-refractivity contribution < 1.29 is 9.53 Å². The van der Waals surface area contributed by atoms with Crippen molar-refractivity contribution in [2.45, 2.75) is 58.1 Å². The van der Waals surface area contributed by atoms with E-state index in [4.69, 9.17) is 4.74 Å². The number of urea groups is 1. The van der Waals surface area contributed by atoms with Gasteiger partial charge in [0.15, 0.2) is 0 Å². The molecule has 0 aromatic carbocycles. The quantitative estimate of drug-likeness (QED) is 0.864. The summed E-state index contributed by atoms with van der Waals surface area (Å²) in [5.41, 5.74) is 0.00843. The van der Waals surface area contributed by atoms with Gasteiger partial charge in [0.1, 0.15) is 0 Å². The van der Waals surface area contributed by atoms with Gasteiger partial charge in [-0.25, -0.2) is 4.79 Å². The second kappa shape index (κ2) is 7.45. The fourth-order valence-electron chi connectivity index (χ4n) is 3.78. The molecule has 0 aromatic heterocycles. The monoisotopic (exact) mass is 297 g/mol. The maximum atomic E-state index is 11.9. The van der Waals surface area contributed by atoms with Crippen LogP contribution in [0.25, 0.3) is 0 Å². The zero-order valence-corrected chi connectivity index (χ0v) is 13.9. The summed E-state index contributed by atoms with van der Waals surface area (Å²) in [6.07, 6.45) is 4.21. The van der Waals surface area contributed by atoms with Crippen LogP contribution in [0.15, 0.2) is 0 Å². The van der Waals surface area contributed by atoms with Crippen molar-refractivity contribution >= 4 is 6.03 Å². The Morgan fingerprint density at radius 3 is 2.52 bits per heavy atom. The minimum Gasteiger partial charge on any atom is -0.375 e. The number of carbonyl (C=O) groups is 1. The molecule has 0 bridgehead atoms. The van der Waals surface area contributed by atoms with E-state index in [1.165, 1.54) is 0 Å². The van der Waals surface area contributed by atoms with Crippen LogP contribution in [0.5, 0.6) is 0 Å². The van der Waals surface area contributed by atoms with Crippen LogP contribution in [0, 0.1) is 0 Å². The standard InChI is InChI=1S/C16H31N3O2/c1-4-17-15(20)19-10-8-16(9-11-19)13-14(7-12-21-16)18(5-2)6-3/h14H,4-13H2,1-3H3,(H,17,20). The predicted octanol–water partition coefficient (Wildman–Crippen LogP) is 2.07. The molecule has 2 fully saturated rings. The SMILES string of the molecule is CCNC(=O)N1CCC2(CC1)CC(N(CC)CC)CCO2. The average molecular weight is 297 g/mol. The van der Waals surface area contributed by atoms with Crippen molar-refractivity contribution in [3.05, 3.63) is 0 Å². The lowest BCUT2D eigenvalue weighted by Gasteiger charge is -2.48. The lowest BCUT2D eigenvalue weighted by atomic mass is 9.82. The second-order valence-electron chi connectivity index (χ2n) is 6.22. The molecule has 122 valence electrons. The van der Waals surface area contributed by atoms with Gasteiger partial charge in [0.05, 0.1) is 5.60 Å². The highest BCUT2D eigenvalue weighted by molar-refractivity contribution is 5.74. The zero-order chi connectivity index (χ0) is 15.3. The van der Waals surface area contributed by atoms with Crippen molar-refractivity contribution in [3.63, 3.8) is 0 Å². The number of amides is 2. The van der Waals surface area contributed by atoms with E-state index in [-0.39, 0.29) is 11.6 Å². The van der Waals surface area contributed by atoms with E-state index in [2.05, 4.69) is 24.1 Å². The first kappa shape index (κ1) is 16.6. The molecule has 2 amide bonds. The maximum Gasteiger partial charge on any atom is 0.317 e. The molecule has 1 spiro atoms. The zero-order valence-electron chi connectivity index (χ0n) is 13.9. The topological polar surface area (TPSA) is 44.8 Å². The molecule has 2 heterocycles. The van der Waals surface area contributed by atoms with Crippen molar-refractivity contribution in [3.8, 4) is 0 Å². The van der Waals surface area contributed by atoms with Gasteiger partial charge in [0.25, 0.3) is 0 Å². The smallest absolute Gasteiger partial charge is 0.317 e. The summed E-state index contributed by atoms with van der Waals surface area (Å²) in [5, 5.41) is 2.89. The van der Waals surface area contributed by atoms with Gasteiger partial charge in [0, 0.05) is 32.3 Å². The Labute approximate surface area is 129 Å². The Hall–Kier alpha value is -0.810. The van der Waals surface area contributed by atoms with E-state index in [1.54, 1.807) is 0 Å². The maximum absolute atomic E-state index is 11.9. The van der Waals surface area contributed by atoms with Crippen molar-refractivity contribution in [1.82, 2.24) is 15.1 Å². The molecule has 0 aliphatic carbocycles. The van der Waals surface area contributed by atoms with Crippen molar-refractivity contribution in [2.24, 2.45) is 0 Å². The normalized spacial score (nSPS) is 25.3. The molecule has 21 heavy (non-hydrogen) atoms. The van der Waals surface area contributed by atoms with Crippen LogP contribution in [0.2, 0.25) is 0 Å². The number of likely N-dealkylation sites (tertiary alicyclic amines) is 1. The Morgan fingerprint density at radius 2 is 1.95 bits per heavy atom. The summed E-state index contributed by atoms with van der Waals surface area (Å²) in [6.45, 7) is 11.9. The minimum atomic E-state index is 0.00843. The molecular weight excluding hydrogens is 266 g/mol. The third-order valence-electron chi connectivity index (χ3n) is 5.09. The summed E-state index contributed by atoms with van der Waals surface area (Å²) in [6, 6.07) is 0.716. The van der Waals surface area contributed by atoms with Crippen LogP contribution in [0.4, 0.5) is 4.79 Å². The molecule has 0 radical (unpaired) electrons. The Balaban J connectivity index is 1.91. The lowest BCUT2D eigenvalue weighted by Crippen LogP contribution is -2.55. The number of piperidine rings is 1. The van der Waals surface area contributed by atoms with Gasteiger partial charge in [-0.2, -0.15) is 0 Å². The number of ether oxygens (including phenoxy) is 1. The third kappa shape index (κ3) is 3.89. The van der Waals surface area contributed by atoms with Crippen molar-refractivity contribution in [1.29, 1.82) is 0 Å². The lowest BCUT2D eigenvalue weighted by molar-refractivity contribution is -0.128. The third-order valence-corrected chi connectivity index (χ3v) is 5.09. The summed E-state index contributed by atoms with van der Waals surface area (Å²) < 4.78 is 6.18. The highest BCUT2D eigenvalue weighted by atomic mass is 16.5. The fourth-order valence-corrected chi connectivity index (χ4v) is 3.78. The van der Waals surface area contributed by atoms with Crippen LogP contribution in [-0.2, 0) is 4.74 Å². The summed E-state index contributed by atoms with van der Waals surface area (Å²) in [4.78, 5) is 16.4. The molecule has 1 atom stereocenters. The van der Waals surface area contributed by atoms with Gasteiger partial charge in [-0.1, -0.05) is 13.8 Å². The molecule has 5 nitrogen and oxygen atoms in total. The molecule has 5 heteroatoms. The van der Waals surface area contributed by atoms with E-state index in [0.717, 1.165) is 58.5 Å². The summed E-state index contributed by atoms with van der Waals surface area (Å²) in [5.74, 6) is 0. The number of hydrogen-bond acceptors (Lipinski definition) is 3. The molecule has 2 aliphatic rings. The summed E-state index contributed by atoms with van der Waals surface area (Å²) in [7, 11) is 0. The Bertz CT molecular complexity index is 336. The molecule has 1 N–H and O–H groups in total. The first-order valence-corrected chi connectivity index (χ1v) is 8.55. The van der Waals surface area contributed by atoms with Crippen LogP contribution in [0.1, 0.15) is 46.5 Å². The highest BCUT2D eigenvalue weighted by Crippen LogP contribution is 2.36. The molecule has 2 aliphatic heterocycles. The van der Waals surface area contributed by atoms with Gasteiger partial charge in [-0.05, 0) is 45.7 Å². The van der Waals surface area contributed by atoms with Crippen LogP contribution in [0.3, 0.4) is 0 Å². The number of hydrogen-bond donors (Lipinski definition) is 1. The van der Waals surface area contributed by atoms with E-state index in [9.17, 15) is 4.79 Å². The van der Waals surface area contributed by atoms with Gasteiger partial charge >= 0.3 is 6.03 Å². The Kier molecular flexibility index (Phi) is 5.88. The van der Waals surface area contributed by atoms with Crippen LogP contribution in [-0.4, -0.2) is 66.8 Å². The largest absolute Gasteiger partial charge is 0.375 e. The molecule has 0 aromatic rings. The van der Waals surface area contributed by atoms with Gasteiger partial charge in [-0.3, -0.25) is 0 Å². The first-order chi connectivity index (χ1) is 10.1. The molecule has 1 unspecified atom stereocenters. The first-order valence-electron chi connectivity index (χ1n) is 8.55. The molecule has 2 saturated heterocycles. The number of rotatable bonds is 4. The van der Waals surface area contributed by atoms with E-state index >= 15 is 0 Å². The van der Waals surface area contributed by atoms with Crippen molar-refractivity contribution in [2.75, 3.05) is 39.3 Å². The molecule has 2 rings (SSSR count). The highest BCUT2D eigenvalue weighted by Gasteiger charge is 2.42. The molecular formula is C16H31N3O2. The number of carbonyl (C=O) groups excluding carboxylic acids is 1. The van der Waals surface area contributed by atoms with E-state index < -0.39 is 0 Å². The number of nitrogens with zero attached hydrogens (tertiary/aromatic N) is 2. The van der Waals surface area contributed by atoms with E-state index in [0.29, 0.717) is 12.6 Å². The average Bonchev–Trinajstić information content (AvgIpc) is 2.50. The molecule has 0 saturated carbocycles. The number of nitrogens with one attached hydrogen (secondary N) is 1. The van der Waals surface area contributed by atoms with E-state index in [1.807, 2.05) is 11.8 Å². The Morgan fingerprint density at radius 1 is 1.29 bits per heavy atom. The minimum absolute atomic E-state index is 0.00843. The summed E-state index contributed by atoms with van der Waals surface area (Å²) >= 11 is 0. The van der Waals surface area contributed by atoms with Gasteiger partial charge in [0.2, 0.25) is 0 Å².